The largest absolute Gasteiger partial charge is 0.490 e. The van der Waals surface area contributed by atoms with E-state index in [0.717, 1.165) is 59.4 Å². The van der Waals surface area contributed by atoms with Gasteiger partial charge in [0.1, 0.15) is 23.9 Å². The molecule has 0 saturated heterocycles. The van der Waals surface area contributed by atoms with E-state index in [9.17, 15) is 0 Å². The predicted molar refractivity (Wildman–Crippen MR) is 153 cm³/mol. The van der Waals surface area contributed by atoms with Gasteiger partial charge < -0.3 is 9.47 Å². The number of fused-ring (bicyclic) bond motifs is 2. The summed E-state index contributed by atoms with van der Waals surface area (Å²) >= 11 is 7.22. The van der Waals surface area contributed by atoms with Gasteiger partial charge in [0.05, 0.1) is 17.3 Å². The molecule has 1 fully saturated rings. The molecule has 1 saturated carbocycles. The standard InChI is InChI=1S/C29H24ClN7O2S/c30-29-32-28(36-40-29)19-6-8-20(9-7-19)39-21-10-11-22-24(16-21)31-15-14-25(22)38-17-27-34-33-26-13-12-23(35-37(26)27)18-4-2-1-3-5-18/h1-5,10-16,19-20H,6-9,17H2/t19-,20-. The molecule has 4 heterocycles. The third kappa shape index (κ3) is 5.07. The molecule has 11 heteroatoms. The van der Waals surface area contributed by atoms with Crippen LogP contribution in [0.25, 0.3) is 27.8 Å². The SMILES string of the molecule is Clc1nc([C@H]2CC[C@H](Oc3ccc4c(OCc5nnc6ccc(-c7ccccc7)nn56)ccnc4c3)CC2)ns1. The van der Waals surface area contributed by atoms with Crippen LogP contribution >= 0.6 is 23.1 Å². The monoisotopic (exact) mass is 569 g/mol. The number of aromatic nitrogens is 7. The van der Waals surface area contributed by atoms with E-state index in [2.05, 4.69) is 24.5 Å². The van der Waals surface area contributed by atoms with E-state index in [0.29, 0.717) is 27.6 Å². The Labute approximate surface area is 239 Å². The number of halogens is 1. The van der Waals surface area contributed by atoms with Crippen LogP contribution in [-0.2, 0) is 6.61 Å². The summed E-state index contributed by atoms with van der Waals surface area (Å²) in [5.41, 5.74) is 3.34. The summed E-state index contributed by atoms with van der Waals surface area (Å²) < 4.78 is 19.1. The molecule has 200 valence electrons. The molecule has 7 rings (SSSR count). The number of hydrogen-bond donors (Lipinski definition) is 0. The molecule has 9 nitrogen and oxygen atoms in total. The Morgan fingerprint density at radius 2 is 1.82 bits per heavy atom. The fourth-order valence-electron chi connectivity index (χ4n) is 5.14. The summed E-state index contributed by atoms with van der Waals surface area (Å²) in [6.45, 7) is 0.214. The average molecular weight is 570 g/mol. The third-order valence-electron chi connectivity index (χ3n) is 7.19. The molecule has 1 aliphatic carbocycles. The first-order chi connectivity index (χ1) is 19.7. The van der Waals surface area contributed by atoms with Crippen LogP contribution in [0.5, 0.6) is 11.5 Å². The lowest BCUT2D eigenvalue weighted by atomic mass is 9.87. The molecule has 0 N–H and O–H groups in total. The molecule has 0 aliphatic heterocycles. The summed E-state index contributed by atoms with van der Waals surface area (Å²) in [5, 5.41) is 14.2. The lowest BCUT2D eigenvalue weighted by Gasteiger charge is -2.27. The highest BCUT2D eigenvalue weighted by Gasteiger charge is 2.26. The topological polar surface area (TPSA) is 100 Å². The van der Waals surface area contributed by atoms with Gasteiger partial charge in [0.2, 0.25) is 4.47 Å². The Balaban J connectivity index is 1.04. The van der Waals surface area contributed by atoms with E-state index in [1.807, 2.05) is 66.7 Å². The van der Waals surface area contributed by atoms with Gasteiger partial charge in [0, 0.05) is 29.1 Å². The summed E-state index contributed by atoms with van der Waals surface area (Å²) in [7, 11) is 0. The van der Waals surface area contributed by atoms with Crippen LogP contribution in [-0.4, -0.2) is 40.3 Å². The molecule has 0 amide bonds. The van der Waals surface area contributed by atoms with Crippen molar-refractivity contribution < 1.29 is 9.47 Å². The highest BCUT2D eigenvalue weighted by molar-refractivity contribution is 7.10. The van der Waals surface area contributed by atoms with Gasteiger partial charge in [0.25, 0.3) is 0 Å². The maximum Gasteiger partial charge on any atom is 0.203 e. The molecule has 2 aromatic carbocycles. The second kappa shape index (κ2) is 10.8. The summed E-state index contributed by atoms with van der Waals surface area (Å²) in [6, 6.07) is 21.7. The Kier molecular flexibility index (Phi) is 6.70. The van der Waals surface area contributed by atoms with Crippen LogP contribution in [0.2, 0.25) is 4.47 Å². The Morgan fingerprint density at radius 3 is 2.65 bits per heavy atom. The zero-order valence-electron chi connectivity index (χ0n) is 21.4. The van der Waals surface area contributed by atoms with Gasteiger partial charge in [-0.2, -0.15) is 14.0 Å². The summed E-state index contributed by atoms with van der Waals surface area (Å²) in [4.78, 5) is 8.90. The van der Waals surface area contributed by atoms with Gasteiger partial charge >= 0.3 is 0 Å². The number of benzene rings is 2. The normalized spacial score (nSPS) is 17.3. The molecule has 4 aromatic heterocycles. The molecule has 0 spiro atoms. The van der Waals surface area contributed by atoms with Gasteiger partial charge in [-0.1, -0.05) is 30.3 Å². The van der Waals surface area contributed by atoms with Crippen molar-refractivity contribution in [2.75, 3.05) is 0 Å². The van der Waals surface area contributed by atoms with E-state index < -0.39 is 0 Å². The molecular weight excluding hydrogens is 546 g/mol. The highest BCUT2D eigenvalue weighted by Crippen LogP contribution is 2.35. The van der Waals surface area contributed by atoms with Crippen LogP contribution in [0.4, 0.5) is 0 Å². The number of hydrogen-bond acceptors (Lipinski definition) is 9. The average Bonchev–Trinajstić information content (AvgIpc) is 3.62. The van der Waals surface area contributed by atoms with Crippen molar-refractivity contribution in [1.82, 2.24) is 34.2 Å². The van der Waals surface area contributed by atoms with Crippen molar-refractivity contribution in [2.24, 2.45) is 0 Å². The van der Waals surface area contributed by atoms with Crippen molar-refractivity contribution in [3.63, 3.8) is 0 Å². The van der Waals surface area contributed by atoms with E-state index >= 15 is 0 Å². The van der Waals surface area contributed by atoms with Crippen molar-refractivity contribution in [2.45, 2.75) is 44.3 Å². The minimum atomic E-state index is 0.150. The minimum Gasteiger partial charge on any atom is -0.490 e. The zero-order valence-corrected chi connectivity index (χ0v) is 22.9. The number of nitrogens with zero attached hydrogens (tertiary/aromatic N) is 7. The number of pyridine rings is 1. The van der Waals surface area contributed by atoms with Crippen LogP contribution in [0.1, 0.15) is 43.3 Å². The molecule has 0 radical (unpaired) electrons. The van der Waals surface area contributed by atoms with E-state index in [1.54, 1.807) is 10.7 Å². The first-order valence-corrected chi connectivity index (χ1v) is 14.3. The fourth-order valence-corrected chi connectivity index (χ4v) is 5.83. The molecule has 0 bridgehead atoms. The van der Waals surface area contributed by atoms with Gasteiger partial charge in [0.15, 0.2) is 11.5 Å². The Morgan fingerprint density at radius 1 is 0.950 bits per heavy atom. The molecule has 40 heavy (non-hydrogen) atoms. The third-order valence-corrected chi connectivity index (χ3v) is 8.00. The van der Waals surface area contributed by atoms with E-state index in [1.165, 1.54) is 11.5 Å². The molecule has 1 aliphatic rings. The number of rotatable bonds is 7. The summed E-state index contributed by atoms with van der Waals surface area (Å²) in [5.74, 6) is 3.34. The van der Waals surface area contributed by atoms with Crippen molar-refractivity contribution in [3.8, 4) is 22.8 Å². The second-order valence-corrected chi connectivity index (χ2v) is 11.1. The van der Waals surface area contributed by atoms with Crippen molar-refractivity contribution in [3.05, 3.63) is 89.0 Å². The molecule has 6 aromatic rings. The molecule has 0 unspecified atom stereocenters. The first kappa shape index (κ1) is 24.9. The number of ether oxygens (including phenoxy) is 2. The van der Waals surface area contributed by atoms with Crippen LogP contribution in [0, 0.1) is 0 Å². The van der Waals surface area contributed by atoms with Gasteiger partial charge in [-0.25, -0.2) is 4.98 Å². The summed E-state index contributed by atoms with van der Waals surface area (Å²) in [6.07, 6.45) is 5.76. The lowest BCUT2D eigenvalue weighted by molar-refractivity contribution is 0.145. The van der Waals surface area contributed by atoms with Gasteiger partial charge in [-0.15, -0.1) is 10.2 Å². The van der Waals surface area contributed by atoms with Gasteiger partial charge in [-0.05, 0) is 79.1 Å². The van der Waals surface area contributed by atoms with Crippen LogP contribution in [0.3, 0.4) is 0 Å². The Hall–Kier alpha value is -4.15. The second-order valence-electron chi connectivity index (χ2n) is 9.74. The minimum absolute atomic E-state index is 0.150. The fraction of sp³-hybridized carbons (Fsp3) is 0.241. The quantitative estimate of drug-likeness (QED) is 0.214. The molecular formula is C29H24ClN7O2S. The van der Waals surface area contributed by atoms with Crippen molar-refractivity contribution >= 4 is 39.7 Å². The van der Waals surface area contributed by atoms with Crippen molar-refractivity contribution in [1.29, 1.82) is 0 Å². The Bertz CT molecular complexity index is 1780. The maximum absolute atomic E-state index is 6.33. The van der Waals surface area contributed by atoms with Crippen LogP contribution in [0.15, 0.2) is 72.9 Å². The first-order valence-electron chi connectivity index (χ1n) is 13.1. The van der Waals surface area contributed by atoms with Gasteiger partial charge in [-0.3, -0.25) is 4.98 Å². The maximum atomic E-state index is 6.33. The van der Waals surface area contributed by atoms with Crippen LogP contribution < -0.4 is 9.47 Å². The van der Waals surface area contributed by atoms with E-state index in [4.69, 9.17) is 26.2 Å². The van der Waals surface area contributed by atoms with E-state index in [-0.39, 0.29) is 12.7 Å². The molecule has 0 atom stereocenters. The zero-order chi connectivity index (χ0) is 26.9. The lowest BCUT2D eigenvalue weighted by Crippen LogP contribution is -2.23. The highest BCUT2D eigenvalue weighted by atomic mass is 35.5. The smallest absolute Gasteiger partial charge is 0.203 e. The predicted octanol–water partition coefficient (Wildman–Crippen LogP) is 6.53.